The molecule has 2 N–H and O–H groups in total. The number of likely N-dealkylation sites (N-methyl/N-ethyl adjacent to an activating group) is 1. The zero-order valence-electron chi connectivity index (χ0n) is 12.3. The van der Waals surface area contributed by atoms with Crippen LogP contribution in [0.3, 0.4) is 0 Å². The third-order valence-corrected chi connectivity index (χ3v) is 3.60. The predicted molar refractivity (Wildman–Crippen MR) is 79.7 cm³/mol. The fraction of sp³-hybridized carbons (Fsp3) is 0.625. The molecule has 0 saturated heterocycles. The van der Waals surface area contributed by atoms with Crippen molar-refractivity contribution in [1.82, 2.24) is 4.90 Å². The van der Waals surface area contributed by atoms with Gasteiger partial charge in [-0.15, -0.1) is 0 Å². The van der Waals surface area contributed by atoms with Crippen molar-refractivity contribution in [2.24, 2.45) is 5.73 Å². The van der Waals surface area contributed by atoms with Gasteiger partial charge in [0.1, 0.15) is 0 Å². The molecule has 1 aromatic carbocycles. The van der Waals surface area contributed by atoms with Gasteiger partial charge in [-0.05, 0) is 44.5 Å². The van der Waals surface area contributed by atoms with Crippen LogP contribution in [-0.2, 0) is 0 Å². The molecule has 2 heteroatoms. The Hall–Kier alpha value is -0.860. The largest absolute Gasteiger partial charge is 0.326 e. The maximum atomic E-state index is 6.24. The van der Waals surface area contributed by atoms with Crippen LogP contribution >= 0.6 is 0 Å². The third-order valence-electron chi connectivity index (χ3n) is 3.60. The first-order valence-electron chi connectivity index (χ1n) is 7.16. The molecule has 0 aliphatic carbocycles. The first-order valence-corrected chi connectivity index (χ1v) is 7.16. The molecule has 18 heavy (non-hydrogen) atoms. The highest BCUT2D eigenvalue weighted by Crippen LogP contribution is 2.26. The van der Waals surface area contributed by atoms with Crippen molar-refractivity contribution in [3.8, 4) is 0 Å². The van der Waals surface area contributed by atoms with Gasteiger partial charge < -0.3 is 5.73 Å². The van der Waals surface area contributed by atoms with E-state index in [1.54, 1.807) is 0 Å². The van der Waals surface area contributed by atoms with E-state index in [0.717, 1.165) is 13.1 Å². The molecule has 0 aliphatic rings. The molecule has 0 heterocycles. The molecule has 102 valence electrons. The molecule has 0 fully saturated rings. The fourth-order valence-corrected chi connectivity index (χ4v) is 2.59. The van der Waals surface area contributed by atoms with Crippen LogP contribution in [0.1, 0.15) is 50.8 Å². The molecule has 1 rings (SSSR count). The van der Waals surface area contributed by atoms with Crippen LogP contribution in [0.5, 0.6) is 0 Å². The first kappa shape index (κ1) is 15.2. The lowest BCUT2D eigenvalue weighted by molar-refractivity contribution is 0.182. The van der Waals surface area contributed by atoms with Crippen molar-refractivity contribution < 1.29 is 0 Å². The highest BCUT2D eigenvalue weighted by molar-refractivity contribution is 5.29. The summed E-state index contributed by atoms with van der Waals surface area (Å²) in [5.74, 6) is 0. The lowest BCUT2D eigenvalue weighted by Crippen LogP contribution is -2.40. The van der Waals surface area contributed by atoms with Gasteiger partial charge in [-0.3, -0.25) is 4.90 Å². The Morgan fingerprint density at radius 1 is 1.22 bits per heavy atom. The zero-order chi connectivity index (χ0) is 13.5. The highest BCUT2D eigenvalue weighted by atomic mass is 15.2. The molecule has 0 spiro atoms. The van der Waals surface area contributed by atoms with Gasteiger partial charge in [0.15, 0.2) is 0 Å². The Labute approximate surface area is 112 Å². The molecule has 0 aliphatic heterocycles. The second-order valence-electron chi connectivity index (χ2n) is 5.14. The van der Waals surface area contributed by atoms with E-state index >= 15 is 0 Å². The van der Waals surface area contributed by atoms with E-state index in [-0.39, 0.29) is 6.04 Å². The minimum Gasteiger partial charge on any atom is -0.326 e. The van der Waals surface area contributed by atoms with Crippen molar-refractivity contribution in [2.75, 3.05) is 13.1 Å². The first-order chi connectivity index (χ1) is 8.61. The van der Waals surface area contributed by atoms with Gasteiger partial charge in [-0.1, -0.05) is 44.5 Å². The smallest absolute Gasteiger partial charge is 0.0498 e. The van der Waals surface area contributed by atoms with E-state index in [1.165, 1.54) is 24.0 Å². The van der Waals surface area contributed by atoms with Gasteiger partial charge in [0.05, 0.1) is 0 Å². The summed E-state index contributed by atoms with van der Waals surface area (Å²) in [5.41, 5.74) is 8.97. The van der Waals surface area contributed by atoms with E-state index in [2.05, 4.69) is 56.9 Å². The molecule has 0 aromatic heterocycles. The fourth-order valence-electron chi connectivity index (χ4n) is 2.59. The van der Waals surface area contributed by atoms with Crippen LogP contribution in [0.25, 0.3) is 0 Å². The number of benzene rings is 1. The van der Waals surface area contributed by atoms with E-state index in [9.17, 15) is 0 Å². The van der Waals surface area contributed by atoms with Crippen LogP contribution in [0, 0.1) is 6.92 Å². The number of rotatable bonds is 7. The monoisotopic (exact) mass is 248 g/mol. The molecule has 0 radical (unpaired) electrons. The van der Waals surface area contributed by atoms with E-state index in [0.29, 0.717) is 6.04 Å². The van der Waals surface area contributed by atoms with Crippen molar-refractivity contribution in [3.05, 3.63) is 35.4 Å². The minimum atomic E-state index is 0.155. The van der Waals surface area contributed by atoms with Gasteiger partial charge >= 0.3 is 0 Å². The lowest BCUT2D eigenvalue weighted by Gasteiger charge is -2.34. The Kier molecular flexibility index (Phi) is 6.37. The van der Waals surface area contributed by atoms with Crippen molar-refractivity contribution in [3.63, 3.8) is 0 Å². The van der Waals surface area contributed by atoms with Crippen molar-refractivity contribution >= 4 is 0 Å². The number of nitrogens with two attached hydrogens (primary N) is 1. The molecule has 1 aromatic rings. The van der Waals surface area contributed by atoms with E-state index in [4.69, 9.17) is 5.73 Å². The number of unbranched alkanes of at least 4 members (excludes halogenated alkanes) is 1. The Morgan fingerprint density at radius 3 is 2.39 bits per heavy atom. The minimum absolute atomic E-state index is 0.155. The average molecular weight is 248 g/mol. The summed E-state index contributed by atoms with van der Waals surface area (Å²) in [5, 5.41) is 0. The maximum absolute atomic E-state index is 6.24. The summed E-state index contributed by atoms with van der Waals surface area (Å²) >= 11 is 0. The Morgan fingerprint density at radius 2 is 1.89 bits per heavy atom. The topological polar surface area (TPSA) is 29.3 Å². The van der Waals surface area contributed by atoms with E-state index in [1.807, 2.05) is 0 Å². The SMILES string of the molecule is CCCCN(CC)C(c1ccccc1C)C(C)N. The number of aryl methyl sites for hydroxylation is 1. The predicted octanol–water partition coefficient (Wildman–Crippen LogP) is 3.51. The second kappa shape index (κ2) is 7.55. The molecule has 0 bridgehead atoms. The normalized spacial score (nSPS) is 14.8. The quantitative estimate of drug-likeness (QED) is 0.800. The molecular weight excluding hydrogens is 220 g/mol. The van der Waals surface area contributed by atoms with Gasteiger partial charge in [-0.25, -0.2) is 0 Å². The molecule has 2 nitrogen and oxygen atoms in total. The van der Waals surface area contributed by atoms with Crippen LogP contribution in [-0.4, -0.2) is 24.0 Å². The molecular formula is C16H28N2. The summed E-state index contributed by atoms with van der Waals surface area (Å²) in [6.45, 7) is 10.9. The summed E-state index contributed by atoms with van der Waals surface area (Å²) in [4.78, 5) is 2.51. The van der Waals surface area contributed by atoms with Gasteiger partial charge in [-0.2, -0.15) is 0 Å². The molecule has 2 atom stereocenters. The third kappa shape index (κ3) is 3.82. The summed E-state index contributed by atoms with van der Waals surface area (Å²) in [6.07, 6.45) is 2.47. The standard InChI is InChI=1S/C16H28N2/c1-5-7-12-18(6-2)16(14(4)17)15-11-9-8-10-13(15)3/h8-11,14,16H,5-7,12,17H2,1-4H3. The number of nitrogens with zero attached hydrogens (tertiary/aromatic N) is 1. The average Bonchev–Trinajstić information content (AvgIpc) is 2.35. The summed E-state index contributed by atoms with van der Waals surface area (Å²) in [7, 11) is 0. The lowest BCUT2D eigenvalue weighted by atomic mass is 9.95. The van der Waals surface area contributed by atoms with Gasteiger partial charge in [0.2, 0.25) is 0 Å². The summed E-state index contributed by atoms with van der Waals surface area (Å²) in [6, 6.07) is 9.10. The van der Waals surface area contributed by atoms with Gasteiger partial charge in [0.25, 0.3) is 0 Å². The van der Waals surface area contributed by atoms with Crippen LogP contribution in [0.15, 0.2) is 24.3 Å². The Balaban J connectivity index is 2.97. The number of hydrogen-bond donors (Lipinski definition) is 1. The molecule has 0 saturated carbocycles. The van der Waals surface area contributed by atoms with Crippen LogP contribution in [0.2, 0.25) is 0 Å². The summed E-state index contributed by atoms with van der Waals surface area (Å²) < 4.78 is 0. The Bertz CT molecular complexity index is 347. The van der Waals surface area contributed by atoms with Crippen molar-refractivity contribution in [2.45, 2.75) is 52.6 Å². The van der Waals surface area contributed by atoms with Crippen molar-refractivity contribution in [1.29, 1.82) is 0 Å². The highest BCUT2D eigenvalue weighted by Gasteiger charge is 2.23. The second-order valence-corrected chi connectivity index (χ2v) is 5.14. The zero-order valence-corrected chi connectivity index (χ0v) is 12.3. The van der Waals surface area contributed by atoms with Gasteiger partial charge in [0, 0.05) is 12.1 Å². The van der Waals surface area contributed by atoms with E-state index < -0.39 is 0 Å². The number of hydrogen-bond acceptors (Lipinski definition) is 2. The molecule has 2 unspecified atom stereocenters. The van der Waals surface area contributed by atoms with Crippen LogP contribution < -0.4 is 5.73 Å². The maximum Gasteiger partial charge on any atom is 0.0498 e. The van der Waals surface area contributed by atoms with Crippen LogP contribution in [0.4, 0.5) is 0 Å². The molecule has 0 amide bonds.